The second-order valence-electron chi connectivity index (χ2n) is 8.84. The molecule has 3 fully saturated rings. The number of aliphatic hydroxyl groups is 1. The van der Waals surface area contributed by atoms with Crippen LogP contribution < -0.4 is 4.74 Å². The maximum Gasteiger partial charge on any atom is 0.165 e. The van der Waals surface area contributed by atoms with E-state index < -0.39 is 5.60 Å². The molecular formula is C20H25BrClNO3. The Labute approximate surface area is 168 Å². The van der Waals surface area contributed by atoms with Gasteiger partial charge in [0.25, 0.3) is 0 Å². The van der Waals surface area contributed by atoms with Crippen molar-refractivity contribution in [2.75, 3.05) is 13.1 Å². The fourth-order valence-corrected chi connectivity index (χ4v) is 7.21. The minimum absolute atomic E-state index is 0. The molecule has 1 aromatic carbocycles. The molecule has 6 heteroatoms. The number of alkyl halides is 1. The summed E-state index contributed by atoms with van der Waals surface area (Å²) in [6.07, 6.45) is 6.12. The number of likely N-dealkylation sites (tertiary alicyclic amines) is 1. The monoisotopic (exact) mass is 441 g/mol. The van der Waals surface area contributed by atoms with Crippen molar-refractivity contribution in [2.24, 2.45) is 5.92 Å². The molecule has 2 heterocycles. The molecule has 3 unspecified atom stereocenters. The largest absolute Gasteiger partial charge is 0.504 e. The number of hydrogen-bond acceptors (Lipinski definition) is 4. The minimum Gasteiger partial charge on any atom is -0.504 e. The minimum atomic E-state index is -0.749. The Morgan fingerprint density at radius 3 is 2.81 bits per heavy atom. The van der Waals surface area contributed by atoms with Crippen LogP contribution in [-0.4, -0.2) is 50.8 Å². The lowest BCUT2D eigenvalue weighted by Crippen LogP contribution is -2.76. The van der Waals surface area contributed by atoms with Crippen LogP contribution in [0, 0.1) is 5.92 Å². The average molecular weight is 443 g/mol. The summed E-state index contributed by atoms with van der Waals surface area (Å²) < 4.78 is 6.34. The van der Waals surface area contributed by atoms with Crippen LogP contribution in [0.3, 0.4) is 0 Å². The van der Waals surface area contributed by atoms with E-state index in [9.17, 15) is 10.2 Å². The predicted molar refractivity (Wildman–Crippen MR) is 105 cm³/mol. The summed E-state index contributed by atoms with van der Waals surface area (Å²) in [4.78, 5) is 2.80. The molecule has 5 aliphatic rings. The predicted octanol–water partition coefficient (Wildman–Crippen LogP) is 3.14. The van der Waals surface area contributed by atoms with E-state index in [1.165, 1.54) is 18.4 Å². The number of phenolic OH excluding ortho intramolecular Hbond substituents is 1. The number of rotatable bonds is 2. The first kappa shape index (κ1) is 17.6. The molecule has 26 heavy (non-hydrogen) atoms. The first-order chi connectivity index (χ1) is 12.0. The molecule has 4 nitrogen and oxygen atoms in total. The number of piperidine rings is 1. The van der Waals surface area contributed by atoms with Crippen molar-refractivity contribution in [3.05, 3.63) is 23.3 Å². The molecule has 6 rings (SSSR count). The summed E-state index contributed by atoms with van der Waals surface area (Å²) in [5.74, 6) is 1.70. The molecule has 142 valence electrons. The normalized spacial score (nSPS) is 42.6. The van der Waals surface area contributed by atoms with Crippen LogP contribution in [0.5, 0.6) is 11.5 Å². The fourth-order valence-electron chi connectivity index (χ4n) is 6.42. The highest BCUT2D eigenvalue weighted by Crippen LogP contribution is 2.66. The highest BCUT2D eigenvalue weighted by atomic mass is 79.9. The first-order valence-electron chi connectivity index (χ1n) is 9.67. The highest BCUT2D eigenvalue weighted by Gasteiger charge is 2.72. The molecule has 3 aliphatic carbocycles. The Hall–Kier alpha value is -0.490. The summed E-state index contributed by atoms with van der Waals surface area (Å²) in [6.45, 7) is 2.16. The van der Waals surface area contributed by atoms with E-state index in [0.29, 0.717) is 5.75 Å². The van der Waals surface area contributed by atoms with Crippen molar-refractivity contribution in [3.8, 4) is 11.5 Å². The van der Waals surface area contributed by atoms with Gasteiger partial charge in [-0.3, -0.25) is 4.90 Å². The SMILES string of the molecule is Cl.Oc1ccc2c3c1OC1[C@@H](Br)CC[C@@]4(O)C(C2)N(CC2CC2)CCC314. The third-order valence-corrected chi connectivity index (χ3v) is 8.63. The fraction of sp³-hybridized carbons (Fsp3) is 0.700. The van der Waals surface area contributed by atoms with Gasteiger partial charge in [-0.25, -0.2) is 0 Å². The number of phenols is 1. The Morgan fingerprint density at radius 2 is 2.04 bits per heavy atom. The van der Waals surface area contributed by atoms with Crippen molar-refractivity contribution in [1.29, 1.82) is 0 Å². The molecule has 2 aliphatic heterocycles. The van der Waals surface area contributed by atoms with Crippen LogP contribution in [0.25, 0.3) is 0 Å². The first-order valence-corrected chi connectivity index (χ1v) is 10.6. The molecule has 1 saturated heterocycles. The number of hydrogen-bond donors (Lipinski definition) is 2. The van der Waals surface area contributed by atoms with E-state index in [1.807, 2.05) is 0 Å². The Morgan fingerprint density at radius 1 is 1.23 bits per heavy atom. The van der Waals surface area contributed by atoms with E-state index in [4.69, 9.17) is 4.74 Å². The number of aromatic hydroxyl groups is 1. The van der Waals surface area contributed by atoms with Gasteiger partial charge in [0.2, 0.25) is 0 Å². The maximum absolute atomic E-state index is 12.1. The van der Waals surface area contributed by atoms with Gasteiger partial charge in [-0.05, 0) is 62.6 Å². The number of ether oxygens (including phenoxy) is 1. The van der Waals surface area contributed by atoms with Crippen LogP contribution in [0.2, 0.25) is 0 Å². The van der Waals surface area contributed by atoms with Crippen molar-refractivity contribution in [1.82, 2.24) is 4.90 Å². The molecule has 2 N–H and O–H groups in total. The zero-order valence-corrected chi connectivity index (χ0v) is 17.1. The lowest BCUT2D eigenvalue weighted by molar-refractivity contribution is -0.183. The van der Waals surface area contributed by atoms with Gasteiger partial charge in [0.15, 0.2) is 11.5 Å². The van der Waals surface area contributed by atoms with Gasteiger partial charge in [0.05, 0.1) is 15.8 Å². The summed E-state index contributed by atoms with van der Waals surface area (Å²) >= 11 is 3.83. The van der Waals surface area contributed by atoms with Gasteiger partial charge < -0.3 is 14.9 Å². The van der Waals surface area contributed by atoms with Crippen LogP contribution >= 0.6 is 28.3 Å². The molecule has 1 spiro atoms. The summed E-state index contributed by atoms with van der Waals surface area (Å²) in [7, 11) is 0. The van der Waals surface area contributed by atoms with Crippen molar-refractivity contribution in [3.63, 3.8) is 0 Å². The van der Waals surface area contributed by atoms with Crippen molar-refractivity contribution in [2.45, 2.75) is 66.5 Å². The van der Waals surface area contributed by atoms with E-state index in [0.717, 1.165) is 50.3 Å². The van der Waals surface area contributed by atoms with Gasteiger partial charge in [0.1, 0.15) is 6.10 Å². The van der Waals surface area contributed by atoms with E-state index >= 15 is 0 Å². The standard InChI is InChI=1S/C20H24BrNO3.ClH/c21-13-5-6-20(24)15-9-12-3-4-14(23)17-16(12)19(20,18(13)25-17)7-8-22(15)10-11-1-2-11;/h3-4,11,13,15,18,23-24H,1-2,5-10H2;1H/t13-,15?,18?,19?,20+;/m0./s1. The van der Waals surface area contributed by atoms with Crippen LogP contribution in [0.1, 0.15) is 43.2 Å². The lowest BCUT2D eigenvalue weighted by Gasteiger charge is -2.63. The maximum atomic E-state index is 12.1. The number of benzene rings is 1. The molecule has 0 radical (unpaired) electrons. The molecular weight excluding hydrogens is 418 g/mol. The number of nitrogens with zero attached hydrogens (tertiary/aromatic N) is 1. The molecule has 0 aromatic heterocycles. The summed E-state index contributed by atoms with van der Waals surface area (Å²) in [5, 5.41) is 22.5. The lowest BCUT2D eigenvalue weighted by atomic mass is 9.49. The zero-order chi connectivity index (χ0) is 17.0. The van der Waals surface area contributed by atoms with Gasteiger partial charge in [-0.2, -0.15) is 0 Å². The highest BCUT2D eigenvalue weighted by molar-refractivity contribution is 9.09. The zero-order valence-electron chi connectivity index (χ0n) is 14.7. The summed E-state index contributed by atoms with van der Waals surface area (Å²) in [6, 6.07) is 4.01. The third kappa shape index (κ3) is 1.93. The third-order valence-electron chi connectivity index (χ3n) is 7.69. The van der Waals surface area contributed by atoms with E-state index in [2.05, 4.69) is 26.9 Å². The number of halogens is 2. The Balaban J connectivity index is 0.00000150. The molecule has 0 amide bonds. The quantitative estimate of drug-likeness (QED) is 0.691. The van der Waals surface area contributed by atoms with Crippen LogP contribution in [0.15, 0.2) is 12.1 Å². The molecule has 5 atom stereocenters. The van der Waals surface area contributed by atoms with Crippen molar-refractivity contribution >= 4 is 28.3 Å². The van der Waals surface area contributed by atoms with Gasteiger partial charge in [-0.15, -0.1) is 12.4 Å². The smallest absolute Gasteiger partial charge is 0.165 e. The van der Waals surface area contributed by atoms with Gasteiger partial charge in [-0.1, -0.05) is 22.0 Å². The van der Waals surface area contributed by atoms with E-state index in [-0.39, 0.29) is 40.5 Å². The summed E-state index contributed by atoms with van der Waals surface area (Å²) in [5.41, 5.74) is 1.27. The van der Waals surface area contributed by atoms with Gasteiger partial charge in [0, 0.05) is 18.2 Å². The van der Waals surface area contributed by atoms with Crippen molar-refractivity contribution < 1.29 is 14.9 Å². The second-order valence-corrected chi connectivity index (χ2v) is 10.0. The molecule has 2 saturated carbocycles. The van der Waals surface area contributed by atoms with E-state index in [1.54, 1.807) is 6.07 Å². The molecule has 2 bridgehead atoms. The van der Waals surface area contributed by atoms with Gasteiger partial charge >= 0.3 is 0 Å². The average Bonchev–Trinajstić information content (AvgIpc) is 3.32. The second kappa shape index (κ2) is 5.53. The molecule has 1 aromatic rings. The topological polar surface area (TPSA) is 52.9 Å². The Bertz CT molecular complexity index is 772. The van der Waals surface area contributed by atoms with Crippen LogP contribution in [0.4, 0.5) is 0 Å². The Kier molecular flexibility index (Phi) is 3.74. The van der Waals surface area contributed by atoms with Crippen LogP contribution in [-0.2, 0) is 11.8 Å².